The van der Waals surface area contributed by atoms with Crippen LogP contribution in [0.5, 0.6) is 0 Å². The number of amides is 2. The van der Waals surface area contributed by atoms with Gasteiger partial charge in [-0.15, -0.1) is 0 Å². The van der Waals surface area contributed by atoms with Crippen LogP contribution in [0.2, 0.25) is 0 Å². The largest absolute Gasteiger partial charge is 0.296 e. The van der Waals surface area contributed by atoms with Gasteiger partial charge in [-0.25, -0.2) is 0 Å². The first kappa shape index (κ1) is 3.18. The third-order valence-electron chi connectivity index (χ3n) is 0.735. The highest BCUT2D eigenvalue weighted by molar-refractivity contribution is 6.01. The minimum absolute atomic E-state index is 0.0266. The monoisotopic (exact) mass is 100 g/mol. The fourth-order valence-corrected chi connectivity index (χ4v) is 0.425. The van der Waals surface area contributed by atoms with E-state index < -0.39 is 12.3 Å². The van der Waals surface area contributed by atoms with Gasteiger partial charge in [0.05, 0.1) is 0 Å². The molecule has 0 radical (unpaired) electrons. The maximum atomic E-state index is 10.3. The highest BCUT2D eigenvalue weighted by Crippen LogP contribution is 1.95. The van der Waals surface area contributed by atoms with Crippen molar-refractivity contribution in [2.24, 2.45) is 0 Å². The molecule has 1 rings (SSSR count). The first-order valence-corrected chi connectivity index (χ1v) is 1.96. The van der Waals surface area contributed by atoms with Crippen molar-refractivity contribution in [2.75, 3.05) is 0 Å². The molecule has 0 saturated carbocycles. The average molecular weight is 100 g/mol. The quantitative estimate of drug-likeness (QED) is 0.414. The molecule has 1 N–H and O–H groups in total. The lowest BCUT2D eigenvalue weighted by Gasteiger charge is -1.79. The average Bonchev–Trinajstić information content (AvgIpc) is 1.85. The van der Waals surface area contributed by atoms with Gasteiger partial charge < -0.3 is 0 Å². The van der Waals surface area contributed by atoms with Crippen LogP contribution in [0.4, 0.5) is 0 Å². The van der Waals surface area contributed by atoms with Crippen LogP contribution in [0.15, 0.2) is 0 Å². The van der Waals surface area contributed by atoms with Crippen LogP contribution in [0.1, 0.15) is 14.2 Å². The molecule has 1 heterocycles. The van der Waals surface area contributed by atoms with Gasteiger partial charge in [0, 0.05) is 14.2 Å². The Morgan fingerprint density at radius 1 is 1.57 bits per heavy atom. The van der Waals surface area contributed by atoms with E-state index in [0.717, 1.165) is 0 Å². The molecule has 38 valence electrons. The Kier molecular flexibility index (Phi) is 0.604. The third-order valence-corrected chi connectivity index (χ3v) is 0.735. The number of carbonyl (C=O) groups is 2. The van der Waals surface area contributed by atoms with Crippen molar-refractivity contribution in [3.63, 3.8) is 0 Å². The van der Waals surface area contributed by atoms with E-state index in [-0.39, 0.29) is 12.3 Å². The molecule has 0 bridgehead atoms. The second-order valence-corrected chi connectivity index (χ2v) is 1.32. The van der Waals surface area contributed by atoms with Gasteiger partial charge in [-0.2, -0.15) is 0 Å². The van der Waals surface area contributed by atoms with Gasteiger partial charge in [0.1, 0.15) is 0 Å². The lowest BCUT2D eigenvalue weighted by atomic mass is 10.4. The Morgan fingerprint density at radius 3 is 2.43 bits per heavy atom. The van der Waals surface area contributed by atoms with E-state index in [4.69, 9.17) is 1.37 Å². The van der Waals surface area contributed by atoms with E-state index >= 15 is 0 Å². The zero-order chi connectivity index (χ0) is 6.15. The second kappa shape index (κ2) is 1.33. The van der Waals surface area contributed by atoms with E-state index in [1.807, 2.05) is 5.32 Å². The molecule has 0 aromatic rings. The van der Waals surface area contributed by atoms with Gasteiger partial charge >= 0.3 is 0 Å². The molecule has 7 heavy (non-hydrogen) atoms. The highest BCUT2D eigenvalue weighted by atomic mass is 16.2. The molecule has 1 aliphatic rings. The summed E-state index contributed by atoms with van der Waals surface area (Å²) in [5.41, 5.74) is 0. The van der Waals surface area contributed by atoms with Gasteiger partial charge in [0.15, 0.2) is 0 Å². The zero-order valence-corrected chi connectivity index (χ0v) is 3.60. The molecular formula is C4H5NO2. The van der Waals surface area contributed by atoms with Crippen LogP contribution < -0.4 is 5.32 Å². The van der Waals surface area contributed by atoms with Crippen molar-refractivity contribution in [3.8, 4) is 0 Å². The lowest BCUT2D eigenvalue weighted by molar-refractivity contribution is -0.124. The molecule has 1 fully saturated rings. The first-order valence-electron chi connectivity index (χ1n) is 2.54. The van der Waals surface area contributed by atoms with Gasteiger partial charge in [-0.1, -0.05) is 0 Å². The Hall–Kier alpha value is -0.860. The van der Waals surface area contributed by atoms with Crippen LogP contribution in [0.3, 0.4) is 0 Å². The topological polar surface area (TPSA) is 46.2 Å². The van der Waals surface area contributed by atoms with Crippen LogP contribution in [-0.2, 0) is 9.59 Å². The van der Waals surface area contributed by atoms with E-state index in [9.17, 15) is 9.59 Å². The number of nitrogens with one attached hydrogen (secondary N) is 1. The first-order chi connectivity index (χ1) is 3.70. The maximum Gasteiger partial charge on any atom is 0.227 e. The van der Waals surface area contributed by atoms with Crippen LogP contribution >= 0.6 is 0 Å². The lowest BCUT2D eigenvalue weighted by Crippen LogP contribution is -2.18. The minimum atomic E-state index is -0.859. The molecule has 0 aliphatic carbocycles. The maximum absolute atomic E-state index is 10.3. The normalized spacial score (nSPS) is 32.6. The summed E-state index contributed by atoms with van der Waals surface area (Å²) in [5, 5.41) is 2.00. The molecule has 3 nitrogen and oxygen atoms in total. The molecule has 0 aromatic carbocycles. The number of imide groups is 1. The predicted octanol–water partition coefficient (Wildman–Crippen LogP) is -0.577. The molecule has 0 spiro atoms. The molecule has 1 unspecified atom stereocenters. The molecule has 1 aliphatic heterocycles. The number of hydrogen-bond acceptors (Lipinski definition) is 2. The van der Waals surface area contributed by atoms with E-state index in [1.165, 1.54) is 0 Å². The number of hydrogen-bond donors (Lipinski definition) is 1. The van der Waals surface area contributed by atoms with Crippen LogP contribution in [-0.4, -0.2) is 11.8 Å². The zero-order valence-electron chi connectivity index (χ0n) is 4.60. The summed E-state index contributed by atoms with van der Waals surface area (Å²) in [6.45, 7) is 0. The molecule has 2 amide bonds. The fourth-order valence-electron chi connectivity index (χ4n) is 0.425. The summed E-state index contributed by atoms with van der Waals surface area (Å²) in [6, 6.07) is 0. The SMILES string of the molecule is [2H]C1CC(=O)NC1=O. The van der Waals surface area contributed by atoms with Crippen LogP contribution in [0, 0.1) is 0 Å². The summed E-state index contributed by atoms with van der Waals surface area (Å²) in [5.74, 6) is -0.815. The number of rotatable bonds is 0. The van der Waals surface area contributed by atoms with Gasteiger partial charge in [-0.05, 0) is 0 Å². The van der Waals surface area contributed by atoms with Crippen molar-refractivity contribution in [2.45, 2.75) is 12.8 Å². The van der Waals surface area contributed by atoms with E-state index in [2.05, 4.69) is 0 Å². The summed E-state index contributed by atoms with van der Waals surface area (Å²) in [7, 11) is 0. The minimum Gasteiger partial charge on any atom is -0.296 e. The molecular weight excluding hydrogens is 94.0 g/mol. The highest BCUT2D eigenvalue weighted by Gasteiger charge is 2.15. The Bertz CT molecular complexity index is 145. The summed E-state index contributed by atoms with van der Waals surface area (Å²) >= 11 is 0. The van der Waals surface area contributed by atoms with E-state index in [1.54, 1.807) is 0 Å². The Labute approximate surface area is 42.1 Å². The van der Waals surface area contributed by atoms with Gasteiger partial charge in [0.25, 0.3) is 0 Å². The van der Waals surface area contributed by atoms with Crippen molar-refractivity contribution in [1.29, 1.82) is 0 Å². The molecule has 1 atom stereocenters. The van der Waals surface area contributed by atoms with Crippen molar-refractivity contribution >= 4 is 11.8 Å². The van der Waals surface area contributed by atoms with Crippen molar-refractivity contribution in [3.05, 3.63) is 0 Å². The molecule has 0 aromatic heterocycles. The van der Waals surface area contributed by atoms with Crippen LogP contribution in [0.25, 0.3) is 0 Å². The smallest absolute Gasteiger partial charge is 0.227 e. The fraction of sp³-hybridized carbons (Fsp3) is 0.500. The van der Waals surface area contributed by atoms with Crippen molar-refractivity contribution in [1.82, 2.24) is 5.32 Å². The second-order valence-electron chi connectivity index (χ2n) is 1.32. The third kappa shape index (κ3) is 0.765. The predicted molar refractivity (Wildman–Crippen MR) is 22.4 cm³/mol. The Morgan fingerprint density at radius 2 is 2.29 bits per heavy atom. The summed E-state index contributed by atoms with van der Waals surface area (Å²) in [6.07, 6.45) is -0.832. The summed E-state index contributed by atoms with van der Waals surface area (Å²) < 4.78 is 6.84. The van der Waals surface area contributed by atoms with Gasteiger partial charge in [-0.3, -0.25) is 14.9 Å². The van der Waals surface area contributed by atoms with Crippen molar-refractivity contribution < 1.29 is 11.0 Å². The molecule has 3 heteroatoms. The Balaban J connectivity index is 2.64. The number of carbonyl (C=O) groups excluding carboxylic acids is 2. The van der Waals surface area contributed by atoms with Gasteiger partial charge in [0.2, 0.25) is 11.8 Å². The molecule has 1 saturated heterocycles. The van der Waals surface area contributed by atoms with E-state index in [0.29, 0.717) is 0 Å². The standard InChI is InChI=1S/C4H5NO2/c6-3-1-2-4(7)5-3/h1-2H2,(H,5,6,7)/i1D. The summed E-state index contributed by atoms with van der Waals surface area (Å²) in [4.78, 5) is 20.5.